The molecule has 0 aliphatic carbocycles. The summed E-state index contributed by atoms with van der Waals surface area (Å²) in [7, 11) is 3.22. The molecule has 0 saturated heterocycles. The normalized spacial score (nSPS) is 9.87. The molecule has 0 aliphatic rings. The molecule has 1 heterocycles. The van der Waals surface area contributed by atoms with E-state index in [-0.39, 0.29) is 11.6 Å². The van der Waals surface area contributed by atoms with Crippen molar-refractivity contribution in [3.63, 3.8) is 0 Å². The van der Waals surface area contributed by atoms with Gasteiger partial charge in [0.2, 0.25) is 0 Å². The Morgan fingerprint density at radius 3 is 2.17 bits per heavy atom. The number of nitrogens with zero attached hydrogens (tertiary/aromatic N) is 2. The highest BCUT2D eigenvalue weighted by Crippen LogP contribution is 2.40. The van der Waals surface area contributed by atoms with Crippen LogP contribution in [0.5, 0.6) is 11.5 Å². The van der Waals surface area contributed by atoms with Crippen molar-refractivity contribution < 1.29 is 14.0 Å². The Balaban J connectivity index is 0.00000127. The highest BCUT2D eigenvalue weighted by molar-refractivity contribution is 5.72. The molecule has 0 radical (unpaired) electrons. The van der Waals surface area contributed by atoms with Gasteiger partial charge in [0, 0.05) is 11.6 Å². The first-order chi connectivity index (χ1) is 11.0. The van der Waals surface area contributed by atoms with Crippen molar-refractivity contribution in [1.82, 2.24) is 5.16 Å². The lowest BCUT2D eigenvalue weighted by atomic mass is 9.96. The first-order valence-electron chi connectivity index (χ1n) is 7.66. The minimum atomic E-state index is 0.281. The van der Waals surface area contributed by atoms with E-state index >= 15 is 0 Å². The molecule has 0 saturated carbocycles. The van der Waals surface area contributed by atoms with Gasteiger partial charge in [-0.1, -0.05) is 32.9 Å². The fraction of sp³-hybridized carbons (Fsp3) is 0.444. The molecule has 2 rings (SSSR count). The summed E-state index contributed by atoms with van der Waals surface area (Å²) in [6.45, 7) is 9.98. The molecule has 0 fully saturated rings. The number of hydrogen-bond donors (Lipinski definition) is 0. The second-order valence-corrected chi connectivity index (χ2v) is 5.05. The van der Waals surface area contributed by atoms with E-state index in [1.165, 1.54) is 0 Å². The zero-order valence-corrected chi connectivity index (χ0v) is 14.9. The maximum Gasteiger partial charge on any atom is 0.187 e. The Kier molecular flexibility index (Phi) is 6.65. The molecule has 124 valence electrons. The van der Waals surface area contributed by atoms with Crippen LogP contribution in [-0.4, -0.2) is 19.4 Å². The van der Waals surface area contributed by atoms with Crippen molar-refractivity contribution in [2.75, 3.05) is 14.2 Å². The van der Waals surface area contributed by atoms with Crippen molar-refractivity contribution in [2.24, 2.45) is 0 Å². The van der Waals surface area contributed by atoms with Gasteiger partial charge in [0.25, 0.3) is 0 Å². The largest absolute Gasteiger partial charge is 0.496 e. The molecular weight excluding hydrogens is 292 g/mol. The van der Waals surface area contributed by atoms with Gasteiger partial charge in [0.15, 0.2) is 11.5 Å². The maximum atomic E-state index is 9.01. The van der Waals surface area contributed by atoms with Crippen LogP contribution in [0.25, 0.3) is 11.3 Å². The number of aromatic nitrogens is 1. The molecule has 0 atom stereocenters. The van der Waals surface area contributed by atoms with Crippen molar-refractivity contribution in [1.29, 1.82) is 5.26 Å². The van der Waals surface area contributed by atoms with Crippen molar-refractivity contribution in [3.8, 4) is 28.9 Å². The highest BCUT2D eigenvalue weighted by atomic mass is 16.5. The second-order valence-electron chi connectivity index (χ2n) is 5.05. The van der Waals surface area contributed by atoms with E-state index in [9.17, 15) is 0 Å². The minimum Gasteiger partial charge on any atom is -0.496 e. The third kappa shape index (κ3) is 3.65. The monoisotopic (exact) mass is 316 g/mol. The molecule has 5 heteroatoms. The Bertz CT molecular complexity index is 697. The Morgan fingerprint density at radius 2 is 1.74 bits per heavy atom. The van der Waals surface area contributed by atoms with Crippen LogP contribution < -0.4 is 9.47 Å². The third-order valence-electron chi connectivity index (χ3n) is 3.45. The number of rotatable bonds is 4. The van der Waals surface area contributed by atoms with Gasteiger partial charge in [-0.2, -0.15) is 5.26 Å². The van der Waals surface area contributed by atoms with Crippen molar-refractivity contribution in [3.05, 3.63) is 29.0 Å². The predicted octanol–water partition coefficient (Wildman–Crippen LogP) is 4.69. The van der Waals surface area contributed by atoms with Gasteiger partial charge in [0.1, 0.15) is 17.6 Å². The summed E-state index contributed by atoms with van der Waals surface area (Å²) in [5.41, 5.74) is 2.81. The van der Waals surface area contributed by atoms with Crippen molar-refractivity contribution >= 4 is 0 Å². The fourth-order valence-electron chi connectivity index (χ4n) is 2.24. The number of hydrogen-bond acceptors (Lipinski definition) is 5. The summed E-state index contributed by atoms with van der Waals surface area (Å²) in [6.07, 6.45) is 0. The van der Waals surface area contributed by atoms with Gasteiger partial charge in [-0.25, -0.2) is 0 Å². The van der Waals surface area contributed by atoms with Gasteiger partial charge in [-0.15, -0.1) is 0 Å². The molecule has 0 spiro atoms. The molecule has 2 aromatic rings. The van der Waals surface area contributed by atoms with Crippen molar-refractivity contribution in [2.45, 2.75) is 40.5 Å². The Labute approximate surface area is 137 Å². The molecule has 0 aliphatic heterocycles. The molecule has 0 unspecified atom stereocenters. The molecular formula is C18H24N2O3. The molecule has 5 nitrogen and oxygen atoms in total. The van der Waals surface area contributed by atoms with Gasteiger partial charge in [-0.05, 0) is 24.5 Å². The summed E-state index contributed by atoms with van der Waals surface area (Å²) in [4.78, 5) is 0. The number of nitriles is 1. The van der Waals surface area contributed by atoms with E-state index in [2.05, 4.69) is 19.0 Å². The third-order valence-corrected chi connectivity index (χ3v) is 3.45. The van der Waals surface area contributed by atoms with E-state index in [1.54, 1.807) is 14.2 Å². The molecule has 0 bridgehead atoms. The van der Waals surface area contributed by atoms with Crippen LogP contribution in [0.15, 0.2) is 16.7 Å². The van der Waals surface area contributed by atoms with Crippen LogP contribution in [0.4, 0.5) is 0 Å². The maximum absolute atomic E-state index is 9.01. The second kappa shape index (κ2) is 8.23. The summed E-state index contributed by atoms with van der Waals surface area (Å²) >= 11 is 0. The van der Waals surface area contributed by atoms with Gasteiger partial charge < -0.3 is 14.0 Å². The molecule has 1 aromatic heterocycles. The lowest BCUT2D eigenvalue weighted by molar-refractivity contribution is 0.387. The van der Waals surface area contributed by atoms with Gasteiger partial charge >= 0.3 is 0 Å². The summed E-state index contributed by atoms with van der Waals surface area (Å²) in [5.74, 6) is 2.22. The van der Waals surface area contributed by atoms with Crippen LogP contribution in [-0.2, 0) is 0 Å². The Morgan fingerprint density at radius 1 is 1.13 bits per heavy atom. The SMILES string of the molecule is CC.COc1cc(OC)c(C(C)C)cc1-c1onc(C#N)c1C. The quantitative estimate of drug-likeness (QED) is 0.818. The predicted molar refractivity (Wildman–Crippen MR) is 89.9 cm³/mol. The number of benzene rings is 1. The molecule has 0 N–H and O–H groups in total. The van der Waals surface area contributed by atoms with E-state index in [4.69, 9.17) is 19.3 Å². The lowest BCUT2D eigenvalue weighted by Crippen LogP contribution is -1.98. The minimum absolute atomic E-state index is 0.281. The topological polar surface area (TPSA) is 68.3 Å². The number of ether oxygens (including phenoxy) is 2. The zero-order valence-electron chi connectivity index (χ0n) is 14.9. The van der Waals surface area contributed by atoms with Crippen LogP contribution in [0, 0.1) is 18.3 Å². The van der Waals surface area contributed by atoms with E-state index < -0.39 is 0 Å². The first-order valence-corrected chi connectivity index (χ1v) is 7.66. The van der Waals surface area contributed by atoms with E-state index in [0.717, 1.165) is 16.9 Å². The zero-order chi connectivity index (χ0) is 17.6. The summed E-state index contributed by atoms with van der Waals surface area (Å²) in [6, 6.07) is 5.81. The summed E-state index contributed by atoms with van der Waals surface area (Å²) in [5, 5.41) is 12.8. The molecule has 0 amide bonds. The average molecular weight is 316 g/mol. The van der Waals surface area contributed by atoms with Crippen LogP contribution in [0.1, 0.15) is 50.4 Å². The fourth-order valence-corrected chi connectivity index (χ4v) is 2.24. The standard InChI is InChI=1S/C16H18N2O3.C2H6/c1-9(2)11-6-12(15(20-5)7-14(11)19-4)16-10(3)13(8-17)18-21-16;1-2/h6-7,9H,1-5H3;1-2H3. The van der Waals surface area contributed by atoms with Gasteiger partial charge in [0.05, 0.1) is 19.8 Å². The highest BCUT2D eigenvalue weighted by Gasteiger charge is 2.21. The molecule has 1 aromatic carbocycles. The average Bonchev–Trinajstić information content (AvgIpc) is 2.95. The Hall–Kier alpha value is -2.48. The van der Waals surface area contributed by atoms with Crippen LogP contribution in [0.3, 0.4) is 0 Å². The van der Waals surface area contributed by atoms with Crippen LogP contribution in [0.2, 0.25) is 0 Å². The molecule has 23 heavy (non-hydrogen) atoms. The number of methoxy groups -OCH3 is 2. The van der Waals surface area contributed by atoms with E-state index in [0.29, 0.717) is 17.1 Å². The smallest absolute Gasteiger partial charge is 0.187 e. The van der Waals surface area contributed by atoms with Gasteiger partial charge in [-0.3, -0.25) is 0 Å². The first kappa shape index (κ1) is 18.6. The summed E-state index contributed by atoms with van der Waals surface area (Å²) < 4.78 is 16.2. The van der Waals surface area contributed by atoms with Crippen LogP contribution >= 0.6 is 0 Å². The van der Waals surface area contributed by atoms with E-state index in [1.807, 2.05) is 39.0 Å². The lowest BCUT2D eigenvalue weighted by Gasteiger charge is -2.16.